The molecule has 0 saturated carbocycles. The number of phenols is 1. The summed E-state index contributed by atoms with van der Waals surface area (Å²) in [6.45, 7) is 11.1. The molecule has 2 aromatic rings. The van der Waals surface area contributed by atoms with Gasteiger partial charge in [-0.3, -0.25) is 14.4 Å². The Balaban J connectivity index is 2.59. The molecule has 0 aliphatic heterocycles. The average molecular weight is 597 g/mol. The van der Waals surface area contributed by atoms with Gasteiger partial charge >= 0.3 is 6.09 Å². The first-order valence-corrected chi connectivity index (χ1v) is 15.0. The molecule has 2 rings (SSSR count). The highest BCUT2D eigenvalue weighted by Gasteiger charge is 2.37. The molecule has 0 radical (unpaired) electrons. The van der Waals surface area contributed by atoms with E-state index in [1.54, 1.807) is 39.0 Å². The molecule has 0 aromatic heterocycles. The lowest BCUT2D eigenvalue weighted by Gasteiger charge is -2.35. The van der Waals surface area contributed by atoms with E-state index in [0.29, 0.717) is 12.1 Å². The molecule has 43 heavy (non-hydrogen) atoms. The smallest absolute Gasteiger partial charge is 0.408 e. The zero-order valence-electron chi connectivity index (χ0n) is 26.4. The van der Waals surface area contributed by atoms with Crippen molar-refractivity contribution in [2.24, 2.45) is 5.73 Å². The third-order valence-corrected chi connectivity index (χ3v) is 6.97. The van der Waals surface area contributed by atoms with E-state index in [9.17, 15) is 24.3 Å². The number of hydrogen-bond donors (Lipinski definition) is 4. The number of para-hydroxylation sites is 2. The molecule has 0 heterocycles. The molecule has 0 aliphatic rings. The highest BCUT2D eigenvalue weighted by molar-refractivity contribution is 6.00. The highest BCUT2D eigenvalue weighted by atomic mass is 16.6. The van der Waals surface area contributed by atoms with Gasteiger partial charge in [0, 0.05) is 24.2 Å². The number of carbonyl (C=O) groups excluding carboxylic acids is 4. The van der Waals surface area contributed by atoms with E-state index in [1.807, 2.05) is 32.0 Å². The van der Waals surface area contributed by atoms with Gasteiger partial charge < -0.3 is 31.1 Å². The Kier molecular flexibility index (Phi) is 13.5. The maximum Gasteiger partial charge on any atom is 0.408 e. The minimum absolute atomic E-state index is 0.0915. The summed E-state index contributed by atoms with van der Waals surface area (Å²) in [7, 11) is 0. The molecular weight excluding hydrogens is 548 g/mol. The molecule has 0 aliphatic carbocycles. The van der Waals surface area contributed by atoms with Crippen molar-refractivity contribution in [2.75, 3.05) is 11.9 Å². The Hall–Kier alpha value is -4.08. The van der Waals surface area contributed by atoms with Gasteiger partial charge in [0.15, 0.2) is 0 Å². The minimum Gasteiger partial charge on any atom is -0.508 e. The zero-order chi connectivity index (χ0) is 32.2. The fourth-order valence-electron chi connectivity index (χ4n) is 4.82. The van der Waals surface area contributed by atoms with Gasteiger partial charge in [-0.25, -0.2) is 4.79 Å². The third-order valence-electron chi connectivity index (χ3n) is 6.97. The number of nitrogens with zero attached hydrogens (tertiary/aromatic N) is 1. The number of aryl methyl sites for hydroxylation is 2. The SMILES string of the molecule is CCCCCCCN(C(=O)C(CCC(N)=O)NC(=O)OC(C)(C)C)C(C(=O)Nc1c(C)cccc1C)c1ccccc1O. The maximum atomic E-state index is 14.3. The number of carbonyl (C=O) groups is 4. The van der Waals surface area contributed by atoms with Crippen LogP contribution in [0, 0.1) is 13.8 Å². The first-order valence-electron chi connectivity index (χ1n) is 15.0. The molecule has 0 saturated heterocycles. The Labute approximate surface area is 255 Å². The summed E-state index contributed by atoms with van der Waals surface area (Å²) >= 11 is 0. The second-order valence-corrected chi connectivity index (χ2v) is 11.9. The predicted octanol–water partition coefficient (Wildman–Crippen LogP) is 5.65. The van der Waals surface area contributed by atoms with Crippen molar-refractivity contribution in [3.8, 4) is 5.75 Å². The summed E-state index contributed by atoms with van der Waals surface area (Å²) in [4.78, 5) is 54.4. The number of nitrogens with two attached hydrogens (primary N) is 1. The van der Waals surface area contributed by atoms with Crippen molar-refractivity contribution in [1.29, 1.82) is 0 Å². The Morgan fingerprint density at radius 2 is 1.58 bits per heavy atom. The number of aromatic hydroxyl groups is 1. The fraction of sp³-hybridized carbons (Fsp3) is 0.515. The van der Waals surface area contributed by atoms with Crippen LogP contribution in [0.5, 0.6) is 5.75 Å². The van der Waals surface area contributed by atoms with Gasteiger partial charge in [0.25, 0.3) is 5.91 Å². The van der Waals surface area contributed by atoms with E-state index >= 15 is 0 Å². The normalized spacial score (nSPS) is 12.6. The number of unbranched alkanes of at least 4 members (excludes halogenated alkanes) is 4. The maximum absolute atomic E-state index is 14.3. The standard InChI is InChI=1S/C33H48N4O6/c1-7-8-9-10-13-21-37(31(41)25(19-20-27(34)39)35-32(42)43-33(4,5)6)29(24-17-11-12-18-26(24)38)30(40)36-28-22(2)15-14-16-23(28)3/h11-12,14-18,25,29,38H,7-10,13,19-21H2,1-6H3,(H2,34,39)(H,35,42)(H,36,40). The van der Waals surface area contributed by atoms with Crippen LogP contribution in [0.1, 0.15) is 95.4 Å². The van der Waals surface area contributed by atoms with Crippen LogP contribution in [0.2, 0.25) is 0 Å². The number of rotatable bonds is 15. The van der Waals surface area contributed by atoms with E-state index in [2.05, 4.69) is 17.6 Å². The van der Waals surface area contributed by atoms with Gasteiger partial charge in [0.1, 0.15) is 23.4 Å². The topological polar surface area (TPSA) is 151 Å². The molecule has 10 heteroatoms. The van der Waals surface area contributed by atoms with E-state index in [1.165, 1.54) is 11.0 Å². The lowest BCUT2D eigenvalue weighted by molar-refractivity contribution is -0.141. The quantitative estimate of drug-likeness (QED) is 0.195. The van der Waals surface area contributed by atoms with Crippen LogP contribution >= 0.6 is 0 Å². The summed E-state index contributed by atoms with van der Waals surface area (Å²) in [5.74, 6) is -1.90. The summed E-state index contributed by atoms with van der Waals surface area (Å²) in [6, 6.07) is 9.56. The van der Waals surface area contributed by atoms with E-state index in [4.69, 9.17) is 10.5 Å². The number of ether oxygens (including phenoxy) is 1. The number of phenolic OH excluding ortho intramolecular Hbond substituents is 1. The van der Waals surface area contributed by atoms with E-state index in [-0.39, 0.29) is 30.7 Å². The number of hydrogen-bond acceptors (Lipinski definition) is 6. The second-order valence-electron chi connectivity index (χ2n) is 11.9. The monoisotopic (exact) mass is 596 g/mol. The number of amides is 4. The third kappa shape index (κ3) is 11.3. The molecule has 4 amide bonds. The largest absolute Gasteiger partial charge is 0.508 e. The molecule has 0 bridgehead atoms. The molecule has 0 spiro atoms. The van der Waals surface area contributed by atoms with Crippen molar-refractivity contribution < 1.29 is 29.0 Å². The van der Waals surface area contributed by atoms with Gasteiger partial charge in [0.2, 0.25) is 11.8 Å². The Morgan fingerprint density at radius 1 is 0.953 bits per heavy atom. The highest BCUT2D eigenvalue weighted by Crippen LogP contribution is 2.32. The summed E-state index contributed by atoms with van der Waals surface area (Å²) < 4.78 is 5.39. The fourth-order valence-corrected chi connectivity index (χ4v) is 4.82. The van der Waals surface area contributed by atoms with Crippen LogP contribution in [-0.2, 0) is 19.1 Å². The summed E-state index contributed by atoms with van der Waals surface area (Å²) in [6.07, 6.45) is 3.32. The molecular formula is C33H48N4O6. The first kappa shape index (κ1) is 35.1. The molecule has 2 aromatic carbocycles. The average Bonchev–Trinajstić information content (AvgIpc) is 2.91. The van der Waals surface area contributed by atoms with Crippen molar-refractivity contribution >= 4 is 29.5 Å². The van der Waals surface area contributed by atoms with E-state index < -0.39 is 41.5 Å². The molecule has 10 nitrogen and oxygen atoms in total. The number of alkyl carbamates (subject to hydrolysis) is 1. The van der Waals surface area contributed by atoms with Crippen LogP contribution in [0.4, 0.5) is 10.5 Å². The molecule has 2 unspecified atom stereocenters. The first-order chi connectivity index (χ1) is 20.2. The van der Waals surface area contributed by atoms with Gasteiger partial charge in [0.05, 0.1) is 0 Å². The van der Waals surface area contributed by atoms with Gasteiger partial charge in [-0.15, -0.1) is 0 Å². The van der Waals surface area contributed by atoms with Crippen LogP contribution in [0.25, 0.3) is 0 Å². The van der Waals surface area contributed by atoms with Crippen molar-refractivity contribution in [2.45, 2.75) is 104 Å². The predicted molar refractivity (Wildman–Crippen MR) is 167 cm³/mol. The molecule has 2 atom stereocenters. The minimum atomic E-state index is -1.24. The van der Waals surface area contributed by atoms with Gasteiger partial charge in [-0.1, -0.05) is 69.0 Å². The van der Waals surface area contributed by atoms with Crippen molar-refractivity contribution in [3.63, 3.8) is 0 Å². The Bertz CT molecular complexity index is 1240. The number of nitrogens with one attached hydrogen (secondary N) is 2. The van der Waals surface area contributed by atoms with Gasteiger partial charge in [-0.2, -0.15) is 0 Å². The molecule has 236 valence electrons. The van der Waals surface area contributed by atoms with Crippen molar-refractivity contribution in [3.05, 3.63) is 59.2 Å². The number of anilines is 1. The number of primary amides is 1. The van der Waals surface area contributed by atoms with Crippen LogP contribution in [0.15, 0.2) is 42.5 Å². The molecule has 0 fully saturated rings. The van der Waals surface area contributed by atoms with Gasteiger partial charge in [-0.05, 0) is 64.7 Å². The lowest BCUT2D eigenvalue weighted by atomic mass is 9.99. The van der Waals surface area contributed by atoms with E-state index in [0.717, 1.165) is 36.8 Å². The number of benzene rings is 2. The lowest BCUT2D eigenvalue weighted by Crippen LogP contribution is -2.53. The molecule has 5 N–H and O–H groups in total. The summed E-state index contributed by atoms with van der Waals surface area (Å²) in [5.41, 5.74) is 7.10. The van der Waals surface area contributed by atoms with Crippen molar-refractivity contribution in [1.82, 2.24) is 10.2 Å². The van der Waals surface area contributed by atoms with Crippen LogP contribution in [-0.4, -0.2) is 52.0 Å². The Morgan fingerprint density at radius 3 is 2.16 bits per heavy atom. The summed E-state index contributed by atoms with van der Waals surface area (Å²) in [5, 5.41) is 16.5. The van der Waals surface area contributed by atoms with Crippen LogP contribution < -0.4 is 16.4 Å². The second kappa shape index (κ2) is 16.5. The van der Waals surface area contributed by atoms with Crippen LogP contribution in [0.3, 0.4) is 0 Å². The zero-order valence-corrected chi connectivity index (χ0v) is 26.4.